The summed E-state index contributed by atoms with van der Waals surface area (Å²) in [5.41, 5.74) is -0.114. The van der Waals surface area contributed by atoms with Gasteiger partial charge < -0.3 is 18.9 Å². The normalized spacial score (nSPS) is 39.0. The van der Waals surface area contributed by atoms with Crippen molar-refractivity contribution < 1.29 is 18.9 Å². The van der Waals surface area contributed by atoms with E-state index in [-0.39, 0.29) is 30.0 Å². The summed E-state index contributed by atoms with van der Waals surface area (Å²) in [6.07, 6.45) is 1.16. The van der Waals surface area contributed by atoms with E-state index in [1.54, 1.807) is 7.11 Å². The largest absolute Gasteiger partial charge is 0.376 e. The van der Waals surface area contributed by atoms with Gasteiger partial charge in [0.1, 0.15) is 24.4 Å². The Balaban J connectivity index is 1.95. The van der Waals surface area contributed by atoms with E-state index in [2.05, 4.69) is 20.8 Å². The van der Waals surface area contributed by atoms with Crippen molar-refractivity contribution in [1.29, 1.82) is 0 Å². The van der Waals surface area contributed by atoms with Crippen LogP contribution in [-0.2, 0) is 18.9 Å². The molecule has 2 aliphatic heterocycles. The fourth-order valence-electron chi connectivity index (χ4n) is 2.23. The Bertz CT molecular complexity index is 241. The van der Waals surface area contributed by atoms with E-state index in [9.17, 15) is 0 Å². The summed E-state index contributed by atoms with van der Waals surface area (Å²) in [6, 6.07) is 0. The number of fused-ring (bicyclic) bond motifs is 1. The zero-order valence-corrected chi connectivity index (χ0v) is 10.6. The van der Waals surface area contributed by atoms with Crippen LogP contribution in [0.3, 0.4) is 0 Å². The molecule has 0 N–H and O–H groups in total. The van der Waals surface area contributed by atoms with E-state index in [0.717, 1.165) is 6.42 Å². The Kier molecular flexibility index (Phi) is 3.54. The molecule has 2 aliphatic rings. The lowest BCUT2D eigenvalue weighted by Crippen LogP contribution is -2.38. The topological polar surface area (TPSA) is 36.9 Å². The highest BCUT2D eigenvalue weighted by Gasteiger charge is 2.49. The average molecular weight is 230 g/mol. The fourth-order valence-corrected chi connectivity index (χ4v) is 2.23. The summed E-state index contributed by atoms with van der Waals surface area (Å²) in [7, 11) is 1.70. The molecule has 94 valence electrons. The first kappa shape index (κ1) is 12.3. The van der Waals surface area contributed by atoms with Crippen molar-refractivity contribution in [3.63, 3.8) is 0 Å². The third kappa shape index (κ3) is 2.25. The zero-order chi connectivity index (χ0) is 11.8. The maximum absolute atomic E-state index is 6.05. The summed E-state index contributed by atoms with van der Waals surface area (Å²) >= 11 is 0. The lowest BCUT2D eigenvalue weighted by atomic mass is 10.0. The molecule has 2 saturated heterocycles. The molecule has 2 heterocycles. The van der Waals surface area contributed by atoms with Crippen LogP contribution in [0.25, 0.3) is 0 Å². The van der Waals surface area contributed by atoms with Crippen LogP contribution >= 0.6 is 0 Å². The van der Waals surface area contributed by atoms with Crippen LogP contribution in [0.2, 0.25) is 0 Å². The third-order valence-electron chi connectivity index (χ3n) is 3.59. The second-order valence-corrected chi connectivity index (χ2v) is 5.14. The van der Waals surface area contributed by atoms with Crippen LogP contribution in [0.15, 0.2) is 0 Å². The molecule has 0 aliphatic carbocycles. The van der Waals surface area contributed by atoms with Gasteiger partial charge in [0.05, 0.1) is 18.8 Å². The van der Waals surface area contributed by atoms with Gasteiger partial charge in [-0.15, -0.1) is 0 Å². The lowest BCUT2D eigenvalue weighted by Gasteiger charge is -2.29. The van der Waals surface area contributed by atoms with Gasteiger partial charge in [-0.05, 0) is 20.3 Å². The van der Waals surface area contributed by atoms with Gasteiger partial charge in [0.15, 0.2) is 0 Å². The maximum Gasteiger partial charge on any atom is 0.115 e. The first-order chi connectivity index (χ1) is 7.57. The minimum atomic E-state index is -0.114. The highest BCUT2D eigenvalue weighted by atomic mass is 16.6. The van der Waals surface area contributed by atoms with E-state index in [1.807, 2.05) is 0 Å². The minimum Gasteiger partial charge on any atom is -0.376 e. The smallest absolute Gasteiger partial charge is 0.115 e. The van der Waals surface area contributed by atoms with Crippen molar-refractivity contribution in [3.05, 3.63) is 0 Å². The molecular weight excluding hydrogens is 208 g/mol. The Morgan fingerprint density at radius 1 is 1.12 bits per heavy atom. The fraction of sp³-hybridized carbons (Fsp3) is 1.00. The molecule has 4 nitrogen and oxygen atoms in total. The molecule has 0 radical (unpaired) electrons. The number of ether oxygens (including phenoxy) is 4. The summed E-state index contributed by atoms with van der Waals surface area (Å²) in [5, 5.41) is 0. The van der Waals surface area contributed by atoms with Crippen molar-refractivity contribution in [1.82, 2.24) is 0 Å². The average Bonchev–Trinajstić information content (AvgIpc) is 2.81. The van der Waals surface area contributed by atoms with E-state index in [1.165, 1.54) is 0 Å². The monoisotopic (exact) mass is 230 g/mol. The molecule has 0 amide bonds. The molecule has 16 heavy (non-hydrogen) atoms. The van der Waals surface area contributed by atoms with Crippen molar-refractivity contribution in [2.45, 2.75) is 57.2 Å². The molecule has 4 heteroatoms. The standard InChI is InChI=1S/C12H22O4/c1-5-12(2,3)16-9-7-15-10-8(13-4)6-14-11(9)10/h8-11H,5-7H2,1-4H3. The zero-order valence-electron chi connectivity index (χ0n) is 10.6. The molecule has 0 spiro atoms. The SMILES string of the molecule is CCC(C)(C)OC1COC2C(OC)COC12. The van der Waals surface area contributed by atoms with Crippen molar-refractivity contribution in [2.75, 3.05) is 20.3 Å². The Morgan fingerprint density at radius 3 is 2.25 bits per heavy atom. The van der Waals surface area contributed by atoms with Gasteiger partial charge in [-0.3, -0.25) is 0 Å². The maximum atomic E-state index is 6.05. The predicted molar refractivity (Wildman–Crippen MR) is 59.5 cm³/mol. The van der Waals surface area contributed by atoms with Crippen LogP contribution in [0.4, 0.5) is 0 Å². The summed E-state index contributed by atoms with van der Waals surface area (Å²) in [6.45, 7) is 7.55. The molecule has 4 atom stereocenters. The minimum absolute atomic E-state index is 0.0378. The first-order valence-electron chi connectivity index (χ1n) is 6.01. The van der Waals surface area contributed by atoms with Crippen molar-refractivity contribution >= 4 is 0 Å². The Hall–Kier alpha value is -0.160. The quantitative estimate of drug-likeness (QED) is 0.731. The molecular formula is C12H22O4. The number of hydrogen-bond acceptors (Lipinski definition) is 4. The number of hydrogen-bond donors (Lipinski definition) is 0. The third-order valence-corrected chi connectivity index (χ3v) is 3.59. The molecule has 2 fully saturated rings. The number of methoxy groups -OCH3 is 1. The molecule has 0 aromatic carbocycles. The lowest BCUT2D eigenvalue weighted by molar-refractivity contribution is -0.114. The van der Waals surface area contributed by atoms with E-state index in [4.69, 9.17) is 18.9 Å². The van der Waals surface area contributed by atoms with Gasteiger partial charge >= 0.3 is 0 Å². The van der Waals surface area contributed by atoms with Crippen molar-refractivity contribution in [2.24, 2.45) is 0 Å². The van der Waals surface area contributed by atoms with Gasteiger partial charge in [-0.2, -0.15) is 0 Å². The van der Waals surface area contributed by atoms with Gasteiger partial charge in [0.25, 0.3) is 0 Å². The van der Waals surface area contributed by atoms with Gasteiger partial charge in [0, 0.05) is 7.11 Å². The Labute approximate surface area is 97.2 Å². The molecule has 0 bridgehead atoms. The van der Waals surface area contributed by atoms with Crippen LogP contribution in [0.1, 0.15) is 27.2 Å². The molecule has 0 saturated carbocycles. The predicted octanol–water partition coefficient (Wildman–Crippen LogP) is 1.37. The second kappa shape index (κ2) is 4.61. The van der Waals surface area contributed by atoms with E-state index >= 15 is 0 Å². The first-order valence-corrected chi connectivity index (χ1v) is 6.01. The highest BCUT2D eigenvalue weighted by Crippen LogP contribution is 2.32. The van der Waals surface area contributed by atoms with Crippen LogP contribution in [0.5, 0.6) is 0 Å². The Morgan fingerprint density at radius 2 is 1.69 bits per heavy atom. The summed E-state index contributed by atoms with van der Waals surface area (Å²) < 4.78 is 22.8. The van der Waals surface area contributed by atoms with E-state index < -0.39 is 0 Å². The second-order valence-electron chi connectivity index (χ2n) is 5.14. The molecule has 4 unspecified atom stereocenters. The summed E-state index contributed by atoms with van der Waals surface area (Å²) in [4.78, 5) is 0. The number of rotatable bonds is 4. The van der Waals surface area contributed by atoms with Gasteiger partial charge in [0.2, 0.25) is 0 Å². The molecule has 0 aromatic heterocycles. The highest BCUT2D eigenvalue weighted by molar-refractivity contribution is 4.96. The van der Waals surface area contributed by atoms with Gasteiger partial charge in [-0.25, -0.2) is 0 Å². The molecule has 2 rings (SSSR count). The van der Waals surface area contributed by atoms with Gasteiger partial charge in [-0.1, -0.05) is 6.92 Å². The van der Waals surface area contributed by atoms with E-state index in [0.29, 0.717) is 13.2 Å². The van der Waals surface area contributed by atoms with Crippen LogP contribution in [-0.4, -0.2) is 50.3 Å². The molecule has 0 aromatic rings. The van der Waals surface area contributed by atoms with Crippen LogP contribution < -0.4 is 0 Å². The summed E-state index contributed by atoms with van der Waals surface area (Å²) in [5.74, 6) is 0. The van der Waals surface area contributed by atoms with Crippen LogP contribution in [0, 0.1) is 0 Å². The van der Waals surface area contributed by atoms with Crippen molar-refractivity contribution in [3.8, 4) is 0 Å².